The summed E-state index contributed by atoms with van der Waals surface area (Å²) in [5, 5.41) is 16.2. The summed E-state index contributed by atoms with van der Waals surface area (Å²) in [4.78, 5) is 16.0. The van der Waals surface area contributed by atoms with Crippen molar-refractivity contribution in [2.75, 3.05) is 20.1 Å². The number of thiophene rings is 1. The Labute approximate surface area is 205 Å². The van der Waals surface area contributed by atoms with Crippen LogP contribution in [0.3, 0.4) is 0 Å². The Morgan fingerprint density at radius 1 is 1.31 bits per heavy atom. The molecule has 0 spiro atoms. The molecular weight excluding hydrogens is 475 g/mol. The minimum atomic E-state index is -4.61. The summed E-state index contributed by atoms with van der Waals surface area (Å²) < 4.78 is 42.9. The van der Waals surface area contributed by atoms with Crippen LogP contribution in [-0.2, 0) is 24.1 Å². The fourth-order valence-corrected chi connectivity index (χ4v) is 5.36. The van der Waals surface area contributed by atoms with E-state index in [9.17, 15) is 23.2 Å². The molecule has 0 saturated carbocycles. The van der Waals surface area contributed by atoms with E-state index in [2.05, 4.69) is 16.5 Å². The van der Waals surface area contributed by atoms with Crippen LogP contribution in [0, 0.1) is 11.3 Å². The molecule has 0 aliphatic carbocycles. The van der Waals surface area contributed by atoms with Gasteiger partial charge in [0.1, 0.15) is 10.9 Å². The number of nitrogens with one attached hydrogen (secondary N) is 1. The molecule has 1 aliphatic rings. The maximum absolute atomic E-state index is 13.9. The van der Waals surface area contributed by atoms with Crippen molar-refractivity contribution in [2.45, 2.75) is 32.1 Å². The predicted octanol–water partition coefficient (Wildman–Crippen LogP) is 4.77. The molecule has 0 saturated heterocycles. The molecule has 0 fully saturated rings. The Hall–Kier alpha value is -3.42. The highest BCUT2D eigenvalue weighted by Gasteiger charge is 2.39. The lowest BCUT2D eigenvalue weighted by molar-refractivity contribution is -0.141. The van der Waals surface area contributed by atoms with Gasteiger partial charge in [0.15, 0.2) is 5.69 Å². The monoisotopic (exact) mass is 499 g/mol. The number of alkyl halides is 3. The molecule has 4 rings (SSSR count). The van der Waals surface area contributed by atoms with Gasteiger partial charge in [0.25, 0.3) is 0 Å². The fraction of sp³-hybridized carbons (Fsp3) is 0.320. The standard InChI is InChI=1S/C25H24F3N5OS/c1-3-33-14-21(24(31-33)25(26,27)28)18-8-5-4-7-17(18)20-13-32(23(34)9-6-10-30-2)15-22-19(20)11-16(12-29)35-22/h4-9,11,14,20,30H,3,10,13,15H2,1-2H3/b9-6+. The minimum absolute atomic E-state index is 0.00426. The molecule has 1 N–H and O–H groups in total. The topological polar surface area (TPSA) is 74.0 Å². The highest BCUT2D eigenvalue weighted by molar-refractivity contribution is 7.12. The van der Waals surface area contributed by atoms with E-state index >= 15 is 0 Å². The zero-order valence-electron chi connectivity index (χ0n) is 19.3. The molecule has 182 valence electrons. The number of rotatable bonds is 6. The fourth-order valence-electron chi connectivity index (χ4n) is 4.33. The maximum atomic E-state index is 13.9. The van der Waals surface area contributed by atoms with Crippen molar-refractivity contribution >= 4 is 17.2 Å². The Kier molecular flexibility index (Phi) is 7.10. The van der Waals surface area contributed by atoms with Gasteiger partial charge in [0.2, 0.25) is 5.91 Å². The number of aromatic nitrogens is 2. The minimum Gasteiger partial charge on any atom is -0.333 e. The second-order valence-electron chi connectivity index (χ2n) is 8.16. The SMILES string of the molecule is CCn1cc(-c2ccccc2C2CN(C(=O)/C=C/CNC)Cc3sc(C#N)cc32)c(C(F)(F)F)n1. The van der Waals surface area contributed by atoms with Crippen molar-refractivity contribution in [1.29, 1.82) is 5.26 Å². The number of nitrogens with zero attached hydrogens (tertiary/aromatic N) is 4. The molecule has 1 aromatic carbocycles. The molecule has 35 heavy (non-hydrogen) atoms. The second-order valence-corrected chi connectivity index (χ2v) is 9.30. The molecule has 3 aromatic rings. The first-order valence-electron chi connectivity index (χ1n) is 11.1. The molecule has 0 radical (unpaired) electrons. The van der Waals surface area contributed by atoms with Crippen LogP contribution in [0.1, 0.15) is 39.4 Å². The van der Waals surface area contributed by atoms with Gasteiger partial charge >= 0.3 is 6.18 Å². The molecular formula is C25H24F3N5OS. The van der Waals surface area contributed by atoms with Crippen molar-refractivity contribution in [3.05, 3.63) is 75.3 Å². The summed E-state index contributed by atoms with van der Waals surface area (Å²) in [6.07, 6.45) is 0.0289. The number of fused-ring (bicyclic) bond motifs is 1. The van der Waals surface area contributed by atoms with Gasteiger partial charge in [-0.25, -0.2) is 0 Å². The van der Waals surface area contributed by atoms with Gasteiger partial charge in [-0.05, 0) is 36.7 Å². The van der Waals surface area contributed by atoms with E-state index in [1.54, 1.807) is 55.3 Å². The van der Waals surface area contributed by atoms with Gasteiger partial charge in [0, 0.05) is 48.3 Å². The van der Waals surface area contributed by atoms with Crippen LogP contribution in [0.2, 0.25) is 0 Å². The summed E-state index contributed by atoms with van der Waals surface area (Å²) in [5.74, 6) is -0.573. The molecule has 0 bridgehead atoms. The summed E-state index contributed by atoms with van der Waals surface area (Å²) in [6, 6.07) is 10.9. The van der Waals surface area contributed by atoms with Gasteiger partial charge in [0.05, 0.1) is 6.54 Å². The quantitative estimate of drug-likeness (QED) is 0.496. The molecule has 1 aliphatic heterocycles. The molecule has 2 aromatic heterocycles. The Morgan fingerprint density at radius 2 is 2.09 bits per heavy atom. The van der Waals surface area contributed by atoms with Crippen LogP contribution in [-0.4, -0.2) is 40.7 Å². The zero-order valence-corrected chi connectivity index (χ0v) is 20.1. The van der Waals surface area contributed by atoms with E-state index in [-0.39, 0.29) is 23.9 Å². The van der Waals surface area contributed by atoms with Crippen LogP contribution < -0.4 is 5.32 Å². The first-order chi connectivity index (χ1) is 16.8. The number of likely N-dealkylation sites (N-methyl/N-ethyl adjacent to an activating group) is 1. The summed E-state index contributed by atoms with van der Waals surface area (Å²) in [7, 11) is 1.78. The van der Waals surface area contributed by atoms with E-state index < -0.39 is 11.9 Å². The Morgan fingerprint density at radius 3 is 2.77 bits per heavy atom. The number of nitriles is 1. The smallest absolute Gasteiger partial charge is 0.333 e. The average Bonchev–Trinajstić information content (AvgIpc) is 3.47. The van der Waals surface area contributed by atoms with E-state index in [0.29, 0.717) is 35.6 Å². The summed E-state index contributed by atoms with van der Waals surface area (Å²) in [5.41, 5.74) is 1.02. The van der Waals surface area contributed by atoms with E-state index in [0.717, 1.165) is 10.4 Å². The third kappa shape index (κ3) is 5.01. The van der Waals surface area contributed by atoms with Gasteiger partial charge in [-0.3, -0.25) is 9.48 Å². The number of carbonyl (C=O) groups is 1. The van der Waals surface area contributed by atoms with Crippen molar-refractivity contribution in [3.63, 3.8) is 0 Å². The van der Waals surface area contributed by atoms with Gasteiger partial charge in [-0.2, -0.15) is 23.5 Å². The lowest BCUT2D eigenvalue weighted by Gasteiger charge is -2.33. The van der Waals surface area contributed by atoms with Gasteiger partial charge in [-0.15, -0.1) is 11.3 Å². The molecule has 3 heterocycles. The third-order valence-corrected chi connectivity index (χ3v) is 6.98. The molecule has 1 amide bonds. The molecule has 1 atom stereocenters. The molecule has 10 heteroatoms. The number of carbonyl (C=O) groups excluding carboxylic acids is 1. The van der Waals surface area contributed by atoms with Gasteiger partial charge < -0.3 is 10.2 Å². The van der Waals surface area contributed by atoms with Crippen molar-refractivity contribution < 1.29 is 18.0 Å². The summed E-state index contributed by atoms with van der Waals surface area (Å²) >= 11 is 1.31. The first kappa shape index (κ1) is 24.7. The first-order valence-corrected chi connectivity index (χ1v) is 11.9. The number of benzene rings is 1. The van der Waals surface area contributed by atoms with Crippen molar-refractivity contribution in [2.24, 2.45) is 0 Å². The Balaban J connectivity index is 1.83. The van der Waals surface area contributed by atoms with Crippen molar-refractivity contribution in [1.82, 2.24) is 20.0 Å². The van der Waals surface area contributed by atoms with Crippen LogP contribution in [0.5, 0.6) is 0 Å². The average molecular weight is 500 g/mol. The van der Waals surface area contributed by atoms with Crippen molar-refractivity contribution in [3.8, 4) is 17.2 Å². The maximum Gasteiger partial charge on any atom is 0.435 e. The number of hydrogen-bond acceptors (Lipinski definition) is 5. The lowest BCUT2D eigenvalue weighted by Crippen LogP contribution is -2.37. The van der Waals surface area contributed by atoms with Crippen LogP contribution in [0.4, 0.5) is 13.2 Å². The lowest BCUT2D eigenvalue weighted by atomic mass is 9.83. The summed E-state index contributed by atoms with van der Waals surface area (Å²) in [6.45, 7) is 3.21. The third-order valence-electron chi connectivity index (χ3n) is 5.94. The molecule has 1 unspecified atom stereocenters. The highest BCUT2D eigenvalue weighted by atomic mass is 32.1. The van der Waals surface area contributed by atoms with Crippen LogP contribution in [0.15, 0.2) is 48.7 Å². The number of hydrogen-bond donors (Lipinski definition) is 1. The number of amides is 1. The predicted molar refractivity (Wildman–Crippen MR) is 128 cm³/mol. The largest absolute Gasteiger partial charge is 0.435 e. The number of aryl methyl sites for hydroxylation is 1. The van der Waals surface area contributed by atoms with E-state index in [4.69, 9.17) is 0 Å². The Bertz CT molecular complexity index is 1300. The second kappa shape index (κ2) is 10.1. The zero-order chi connectivity index (χ0) is 25.2. The van der Waals surface area contributed by atoms with Gasteiger partial charge in [-0.1, -0.05) is 30.3 Å². The van der Waals surface area contributed by atoms with E-state index in [1.807, 2.05) is 0 Å². The van der Waals surface area contributed by atoms with Crippen LogP contribution in [0.25, 0.3) is 11.1 Å². The van der Waals surface area contributed by atoms with E-state index in [1.165, 1.54) is 28.3 Å². The van der Waals surface area contributed by atoms with Crippen LogP contribution >= 0.6 is 11.3 Å². The normalized spacial score (nSPS) is 15.9. The highest BCUT2D eigenvalue weighted by Crippen LogP contribution is 2.44. The molecule has 6 nitrogen and oxygen atoms in total. The number of halogens is 3.